The van der Waals surface area contributed by atoms with Crippen LogP contribution in [-0.2, 0) is 0 Å². The van der Waals surface area contributed by atoms with Gasteiger partial charge in [0.05, 0.1) is 11.3 Å². The van der Waals surface area contributed by atoms with Gasteiger partial charge in [0.15, 0.2) is 0 Å². The minimum atomic E-state index is -0.344. The first kappa shape index (κ1) is 13.1. The molecule has 5 nitrogen and oxygen atoms in total. The van der Waals surface area contributed by atoms with E-state index in [-0.39, 0.29) is 11.7 Å². The SMILES string of the molecule is CNC(=O)c1c(-c2ccc(F)cc2)nn2cccc(N)c12. The Balaban J connectivity index is 2.34. The van der Waals surface area contributed by atoms with Crippen molar-refractivity contribution in [1.29, 1.82) is 0 Å². The lowest BCUT2D eigenvalue weighted by atomic mass is 10.1. The second-order valence-corrected chi connectivity index (χ2v) is 4.57. The van der Waals surface area contributed by atoms with E-state index in [0.717, 1.165) is 0 Å². The first-order chi connectivity index (χ1) is 10.1. The van der Waals surface area contributed by atoms with E-state index in [1.165, 1.54) is 12.1 Å². The molecular weight excluding hydrogens is 271 g/mol. The van der Waals surface area contributed by atoms with E-state index >= 15 is 0 Å². The molecule has 0 saturated carbocycles. The average Bonchev–Trinajstić information content (AvgIpc) is 2.88. The summed E-state index contributed by atoms with van der Waals surface area (Å²) in [5.41, 5.74) is 8.45. The number of benzene rings is 1. The van der Waals surface area contributed by atoms with Gasteiger partial charge in [-0.05, 0) is 36.4 Å². The fourth-order valence-electron chi connectivity index (χ4n) is 2.28. The van der Waals surface area contributed by atoms with Gasteiger partial charge < -0.3 is 11.1 Å². The molecule has 21 heavy (non-hydrogen) atoms. The molecule has 0 aliphatic carbocycles. The summed E-state index contributed by atoms with van der Waals surface area (Å²) in [6, 6.07) is 9.28. The van der Waals surface area contributed by atoms with Crippen LogP contribution in [0, 0.1) is 5.82 Å². The van der Waals surface area contributed by atoms with Gasteiger partial charge in [0.2, 0.25) is 0 Å². The molecule has 0 unspecified atom stereocenters. The van der Waals surface area contributed by atoms with Gasteiger partial charge >= 0.3 is 0 Å². The molecule has 3 aromatic rings. The highest BCUT2D eigenvalue weighted by molar-refractivity contribution is 6.08. The molecule has 3 rings (SSSR count). The van der Waals surface area contributed by atoms with Crippen molar-refractivity contribution in [2.75, 3.05) is 12.8 Å². The Kier molecular flexibility index (Phi) is 3.06. The van der Waals surface area contributed by atoms with Crippen molar-refractivity contribution in [2.45, 2.75) is 0 Å². The number of anilines is 1. The maximum absolute atomic E-state index is 13.1. The predicted octanol–water partition coefficient (Wildman–Crippen LogP) is 2.08. The molecule has 3 N–H and O–H groups in total. The number of aromatic nitrogens is 2. The summed E-state index contributed by atoms with van der Waals surface area (Å²) in [6.45, 7) is 0. The van der Waals surface area contributed by atoms with E-state index in [0.29, 0.717) is 28.0 Å². The van der Waals surface area contributed by atoms with Crippen molar-refractivity contribution in [3.63, 3.8) is 0 Å². The van der Waals surface area contributed by atoms with Crippen molar-refractivity contribution < 1.29 is 9.18 Å². The third kappa shape index (κ3) is 2.10. The lowest BCUT2D eigenvalue weighted by Crippen LogP contribution is -2.18. The topological polar surface area (TPSA) is 72.4 Å². The number of hydrogen-bond donors (Lipinski definition) is 2. The van der Waals surface area contributed by atoms with Gasteiger partial charge in [0, 0.05) is 18.8 Å². The zero-order chi connectivity index (χ0) is 15.0. The van der Waals surface area contributed by atoms with Crippen molar-refractivity contribution in [2.24, 2.45) is 0 Å². The molecule has 2 aromatic heterocycles. The molecule has 0 radical (unpaired) electrons. The summed E-state index contributed by atoms with van der Waals surface area (Å²) in [7, 11) is 1.54. The van der Waals surface area contributed by atoms with Crippen LogP contribution < -0.4 is 11.1 Å². The zero-order valence-electron chi connectivity index (χ0n) is 11.3. The molecule has 0 atom stereocenters. The number of carbonyl (C=O) groups is 1. The average molecular weight is 284 g/mol. The van der Waals surface area contributed by atoms with Crippen LogP contribution >= 0.6 is 0 Å². The molecule has 1 aromatic carbocycles. The summed E-state index contributed by atoms with van der Waals surface area (Å²) >= 11 is 0. The Hall–Kier alpha value is -2.89. The maximum Gasteiger partial charge on any atom is 0.255 e. The van der Waals surface area contributed by atoms with Crippen LogP contribution in [0.15, 0.2) is 42.6 Å². The summed E-state index contributed by atoms with van der Waals surface area (Å²) in [5, 5.41) is 6.98. The highest BCUT2D eigenvalue weighted by Crippen LogP contribution is 2.29. The molecule has 0 aliphatic heterocycles. The van der Waals surface area contributed by atoms with Gasteiger partial charge in [-0.3, -0.25) is 4.79 Å². The van der Waals surface area contributed by atoms with E-state index in [4.69, 9.17) is 5.73 Å². The van der Waals surface area contributed by atoms with Crippen LogP contribution in [0.2, 0.25) is 0 Å². The van der Waals surface area contributed by atoms with Crippen LogP contribution in [0.4, 0.5) is 10.1 Å². The summed E-state index contributed by atoms with van der Waals surface area (Å²) in [4.78, 5) is 12.2. The molecule has 0 saturated heterocycles. The minimum Gasteiger partial charge on any atom is -0.397 e. The van der Waals surface area contributed by atoms with E-state index in [1.54, 1.807) is 42.0 Å². The Labute approximate surface area is 120 Å². The van der Waals surface area contributed by atoms with Gasteiger partial charge in [-0.2, -0.15) is 5.10 Å². The Morgan fingerprint density at radius 1 is 1.29 bits per heavy atom. The molecule has 0 fully saturated rings. The number of fused-ring (bicyclic) bond motifs is 1. The number of pyridine rings is 1. The molecule has 2 heterocycles. The van der Waals surface area contributed by atoms with E-state index in [2.05, 4.69) is 10.4 Å². The third-order valence-electron chi connectivity index (χ3n) is 3.26. The third-order valence-corrected chi connectivity index (χ3v) is 3.26. The van der Waals surface area contributed by atoms with E-state index in [9.17, 15) is 9.18 Å². The fraction of sp³-hybridized carbons (Fsp3) is 0.0667. The van der Waals surface area contributed by atoms with Gasteiger partial charge in [-0.1, -0.05) is 0 Å². The first-order valence-electron chi connectivity index (χ1n) is 6.36. The molecule has 1 amide bonds. The monoisotopic (exact) mass is 284 g/mol. The van der Waals surface area contributed by atoms with Crippen LogP contribution in [0.5, 0.6) is 0 Å². The van der Waals surface area contributed by atoms with Crippen LogP contribution in [0.25, 0.3) is 16.8 Å². The molecule has 6 heteroatoms. The highest BCUT2D eigenvalue weighted by atomic mass is 19.1. The molecule has 106 valence electrons. The Morgan fingerprint density at radius 2 is 2.00 bits per heavy atom. The number of nitrogens with two attached hydrogens (primary N) is 1. The van der Waals surface area contributed by atoms with E-state index in [1.807, 2.05) is 0 Å². The van der Waals surface area contributed by atoms with Crippen LogP contribution in [0.3, 0.4) is 0 Å². The van der Waals surface area contributed by atoms with Crippen molar-refractivity contribution in [3.8, 4) is 11.3 Å². The number of amides is 1. The standard InChI is InChI=1S/C15H13FN4O/c1-18-15(21)12-13(9-4-6-10(16)7-5-9)19-20-8-2-3-11(17)14(12)20/h2-8H,17H2,1H3,(H,18,21). The summed E-state index contributed by atoms with van der Waals surface area (Å²) in [5.74, 6) is -0.634. The Bertz CT molecular complexity index is 824. The maximum atomic E-state index is 13.1. The van der Waals surface area contributed by atoms with Crippen LogP contribution in [0.1, 0.15) is 10.4 Å². The van der Waals surface area contributed by atoms with E-state index < -0.39 is 0 Å². The smallest absolute Gasteiger partial charge is 0.255 e. The minimum absolute atomic E-state index is 0.290. The number of rotatable bonds is 2. The number of nitrogens with one attached hydrogen (secondary N) is 1. The number of halogens is 1. The molecular formula is C15H13FN4O. The fourth-order valence-corrected chi connectivity index (χ4v) is 2.28. The van der Waals surface area contributed by atoms with Crippen molar-refractivity contribution >= 4 is 17.1 Å². The molecule has 0 bridgehead atoms. The van der Waals surface area contributed by atoms with Gasteiger partial charge in [-0.15, -0.1) is 0 Å². The van der Waals surface area contributed by atoms with Gasteiger partial charge in [0.25, 0.3) is 5.91 Å². The highest BCUT2D eigenvalue weighted by Gasteiger charge is 2.21. The quantitative estimate of drug-likeness (QED) is 0.756. The lowest BCUT2D eigenvalue weighted by molar-refractivity contribution is 0.0965. The van der Waals surface area contributed by atoms with Crippen molar-refractivity contribution in [3.05, 3.63) is 54.0 Å². The summed E-state index contributed by atoms with van der Waals surface area (Å²) in [6.07, 6.45) is 1.71. The number of nitrogen functional groups attached to an aromatic ring is 1. The second kappa shape index (κ2) is 4.90. The molecule has 0 aliphatic rings. The number of hydrogen-bond acceptors (Lipinski definition) is 3. The van der Waals surface area contributed by atoms with Gasteiger partial charge in [-0.25, -0.2) is 8.91 Å². The zero-order valence-corrected chi connectivity index (χ0v) is 11.3. The Morgan fingerprint density at radius 3 is 2.67 bits per heavy atom. The normalized spacial score (nSPS) is 10.8. The second-order valence-electron chi connectivity index (χ2n) is 4.57. The summed E-state index contributed by atoms with van der Waals surface area (Å²) < 4.78 is 14.6. The van der Waals surface area contributed by atoms with Crippen LogP contribution in [-0.4, -0.2) is 22.6 Å². The van der Waals surface area contributed by atoms with Gasteiger partial charge in [0.1, 0.15) is 17.0 Å². The predicted molar refractivity (Wildman–Crippen MR) is 78.4 cm³/mol. The number of carbonyl (C=O) groups excluding carboxylic acids is 1. The lowest BCUT2D eigenvalue weighted by Gasteiger charge is -2.03. The molecule has 0 spiro atoms. The first-order valence-corrected chi connectivity index (χ1v) is 6.36. The van der Waals surface area contributed by atoms with Crippen molar-refractivity contribution in [1.82, 2.24) is 14.9 Å². The number of nitrogens with zero attached hydrogens (tertiary/aromatic N) is 2. The largest absolute Gasteiger partial charge is 0.397 e.